The highest BCUT2D eigenvalue weighted by molar-refractivity contribution is 7.99. The van der Waals surface area contributed by atoms with Gasteiger partial charge in [0.2, 0.25) is 0 Å². The fourth-order valence-corrected chi connectivity index (χ4v) is 5.27. The maximum atomic E-state index is 14.3. The Morgan fingerprint density at radius 1 is 0.926 bits per heavy atom. The Morgan fingerprint density at radius 2 is 1.67 bits per heavy atom. The van der Waals surface area contributed by atoms with Gasteiger partial charge in [0.1, 0.15) is 17.2 Å². The fraction of sp³-hybridized carbons (Fsp3) is 0.143. The summed E-state index contributed by atoms with van der Waals surface area (Å²) in [5.41, 5.74) is 1.01. The molecule has 0 unspecified atom stereocenters. The van der Waals surface area contributed by atoms with Crippen LogP contribution in [0.25, 0.3) is 10.8 Å². The van der Waals surface area contributed by atoms with Gasteiger partial charge in [0, 0.05) is 16.7 Å². The average molecular weight is 378 g/mol. The molecule has 4 nitrogen and oxygen atoms in total. The zero-order valence-corrected chi connectivity index (χ0v) is 15.0. The van der Waals surface area contributed by atoms with Crippen molar-refractivity contribution in [3.05, 3.63) is 78.1 Å². The molecule has 5 rings (SSSR count). The number of nitrogens with zero attached hydrogens (tertiary/aromatic N) is 2. The zero-order valence-electron chi connectivity index (χ0n) is 14.2. The first-order chi connectivity index (χ1) is 13.2. The van der Waals surface area contributed by atoms with E-state index in [1.807, 2.05) is 36.4 Å². The standard InChI is InChI=1S/C21H15FN2O2S/c22-16-10-4-3-9-15(16)20-24-18(12-27-20)19(25)23(21(24)26)17-11-5-7-13-6-1-2-8-14(13)17/h1-11,18,20H,12H2/t18-,20-/m0/s1. The number of rotatable bonds is 2. The third-order valence-corrected chi connectivity index (χ3v) is 6.40. The maximum Gasteiger partial charge on any atom is 0.333 e. The Bertz CT molecular complexity index is 1080. The van der Waals surface area contributed by atoms with Crippen LogP contribution in [0.15, 0.2) is 66.7 Å². The van der Waals surface area contributed by atoms with Crippen LogP contribution < -0.4 is 4.90 Å². The monoisotopic (exact) mass is 378 g/mol. The lowest BCUT2D eigenvalue weighted by Gasteiger charge is -2.23. The van der Waals surface area contributed by atoms with Crippen LogP contribution in [-0.2, 0) is 4.79 Å². The van der Waals surface area contributed by atoms with Crippen molar-refractivity contribution in [3.63, 3.8) is 0 Å². The van der Waals surface area contributed by atoms with Gasteiger partial charge in [-0.25, -0.2) is 14.1 Å². The van der Waals surface area contributed by atoms with Gasteiger partial charge in [-0.3, -0.25) is 9.69 Å². The molecule has 2 saturated heterocycles. The third kappa shape index (κ3) is 2.36. The highest BCUT2D eigenvalue weighted by Gasteiger charge is 2.53. The number of thioether (sulfide) groups is 1. The van der Waals surface area contributed by atoms with Crippen LogP contribution in [0.1, 0.15) is 10.9 Å². The van der Waals surface area contributed by atoms with Crippen molar-refractivity contribution in [2.24, 2.45) is 0 Å². The van der Waals surface area contributed by atoms with E-state index in [9.17, 15) is 14.0 Å². The van der Waals surface area contributed by atoms with Crippen molar-refractivity contribution >= 4 is 40.2 Å². The van der Waals surface area contributed by atoms with E-state index >= 15 is 0 Å². The van der Waals surface area contributed by atoms with Crippen molar-refractivity contribution in [1.82, 2.24) is 4.90 Å². The van der Waals surface area contributed by atoms with Crippen LogP contribution in [0.2, 0.25) is 0 Å². The van der Waals surface area contributed by atoms with E-state index in [0.29, 0.717) is 17.0 Å². The molecule has 3 aromatic rings. The van der Waals surface area contributed by atoms with Gasteiger partial charge in [-0.05, 0) is 17.5 Å². The summed E-state index contributed by atoms with van der Waals surface area (Å²) < 4.78 is 14.3. The van der Waals surface area contributed by atoms with Gasteiger partial charge < -0.3 is 0 Å². The number of hydrogen-bond acceptors (Lipinski definition) is 3. The van der Waals surface area contributed by atoms with Gasteiger partial charge in [-0.15, -0.1) is 11.8 Å². The van der Waals surface area contributed by atoms with Crippen molar-refractivity contribution in [2.45, 2.75) is 11.4 Å². The predicted octanol–water partition coefficient (Wildman–Crippen LogP) is 4.56. The normalized spacial score (nSPS) is 22.0. The summed E-state index contributed by atoms with van der Waals surface area (Å²) in [4.78, 5) is 29.1. The van der Waals surface area contributed by atoms with E-state index in [1.165, 1.54) is 27.6 Å². The number of fused-ring (bicyclic) bond motifs is 2. The number of benzene rings is 3. The lowest BCUT2D eigenvalue weighted by atomic mass is 10.1. The molecule has 3 aromatic carbocycles. The molecule has 0 aliphatic carbocycles. The lowest BCUT2D eigenvalue weighted by Crippen LogP contribution is -2.34. The molecular weight excluding hydrogens is 363 g/mol. The summed E-state index contributed by atoms with van der Waals surface area (Å²) in [6.07, 6.45) is 0. The molecule has 0 bridgehead atoms. The van der Waals surface area contributed by atoms with E-state index in [4.69, 9.17) is 0 Å². The van der Waals surface area contributed by atoms with Gasteiger partial charge in [-0.2, -0.15) is 0 Å². The molecule has 3 amide bonds. The van der Waals surface area contributed by atoms with Crippen LogP contribution in [0.4, 0.5) is 14.9 Å². The second-order valence-corrected chi connectivity index (χ2v) is 7.70. The van der Waals surface area contributed by atoms with Crippen molar-refractivity contribution in [1.29, 1.82) is 0 Å². The Labute approximate surface area is 159 Å². The summed E-state index contributed by atoms with van der Waals surface area (Å²) in [7, 11) is 0. The molecule has 134 valence electrons. The second-order valence-electron chi connectivity index (χ2n) is 6.58. The number of anilines is 1. The summed E-state index contributed by atoms with van der Waals surface area (Å²) in [5, 5.41) is 1.31. The van der Waals surface area contributed by atoms with Crippen LogP contribution in [0.5, 0.6) is 0 Å². The largest absolute Gasteiger partial charge is 0.333 e. The van der Waals surface area contributed by atoms with E-state index in [-0.39, 0.29) is 17.8 Å². The number of carbonyl (C=O) groups excluding carboxylic acids is 2. The lowest BCUT2D eigenvalue weighted by molar-refractivity contribution is -0.119. The zero-order chi connectivity index (χ0) is 18.5. The van der Waals surface area contributed by atoms with E-state index in [1.54, 1.807) is 24.3 Å². The molecule has 2 atom stereocenters. The van der Waals surface area contributed by atoms with Crippen molar-refractivity contribution in [3.8, 4) is 0 Å². The predicted molar refractivity (Wildman–Crippen MR) is 104 cm³/mol. The molecule has 2 aliphatic heterocycles. The molecule has 0 saturated carbocycles. The molecule has 2 heterocycles. The minimum absolute atomic E-state index is 0.248. The summed E-state index contributed by atoms with van der Waals surface area (Å²) >= 11 is 1.43. The molecule has 2 fully saturated rings. The van der Waals surface area contributed by atoms with Gasteiger partial charge >= 0.3 is 6.03 Å². The Balaban J connectivity index is 1.59. The number of amides is 3. The summed E-state index contributed by atoms with van der Waals surface area (Å²) in [6, 6.07) is 18.7. The summed E-state index contributed by atoms with van der Waals surface area (Å²) in [6.45, 7) is 0. The van der Waals surface area contributed by atoms with E-state index < -0.39 is 11.4 Å². The second kappa shape index (κ2) is 6.09. The topological polar surface area (TPSA) is 40.6 Å². The van der Waals surface area contributed by atoms with Crippen LogP contribution >= 0.6 is 11.8 Å². The highest BCUT2D eigenvalue weighted by Crippen LogP contribution is 2.47. The quantitative estimate of drug-likeness (QED) is 0.614. The van der Waals surface area contributed by atoms with Gasteiger partial charge in [-0.1, -0.05) is 54.6 Å². The molecule has 6 heteroatoms. The number of hydrogen-bond donors (Lipinski definition) is 0. The van der Waals surface area contributed by atoms with E-state index in [0.717, 1.165) is 10.8 Å². The number of carbonyl (C=O) groups is 2. The smallest absolute Gasteiger partial charge is 0.295 e. The number of halogens is 1. The molecular formula is C21H15FN2O2S. The molecule has 27 heavy (non-hydrogen) atoms. The van der Waals surface area contributed by atoms with Crippen LogP contribution in [-0.4, -0.2) is 28.6 Å². The first kappa shape index (κ1) is 16.3. The van der Waals surface area contributed by atoms with Gasteiger partial charge in [0.05, 0.1) is 5.69 Å². The minimum atomic E-state index is -0.564. The Hall–Kier alpha value is -2.86. The SMILES string of the molecule is O=C1[C@@H]2CS[C@@H](c3ccccc3F)N2C(=O)N1c1cccc2ccccc12. The number of urea groups is 1. The average Bonchev–Trinajstić information content (AvgIpc) is 3.22. The Morgan fingerprint density at radius 3 is 2.52 bits per heavy atom. The van der Waals surface area contributed by atoms with Gasteiger partial charge in [0.15, 0.2) is 0 Å². The first-order valence-electron chi connectivity index (χ1n) is 8.67. The number of imide groups is 1. The van der Waals surface area contributed by atoms with Crippen LogP contribution in [0.3, 0.4) is 0 Å². The third-order valence-electron chi connectivity index (χ3n) is 5.10. The Kier molecular flexibility index (Phi) is 3.68. The minimum Gasteiger partial charge on any atom is -0.295 e. The highest BCUT2D eigenvalue weighted by atomic mass is 32.2. The van der Waals surface area contributed by atoms with Crippen molar-refractivity contribution < 1.29 is 14.0 Å². The molecule has 0 radical (unpaired) electrons. The maximum absolute atomic E-state index is 14.3. The molecule has 0 N–H and O–H groups in total. The van der Waals surface area contributed by atoms with Gasteiger partial charge in [0.25, 0.3) is 5.91 Å². The molecule has 2 aliphatic rings. The van der Waals surface area contributed by atoms with Crippen molar-refractivity contribution in [2.75, 3.05) is 10.7 Å². The van der Waals surface area contributed by atoms with E-state index in [2.05, 4.69) is 0 Å². The molecule has 0 spiro atoms. The summed E-state index contributed by atoms with van der Waals surface area (Å²) in [5.74, 6) is -0.146. The van der Waals surface area contributed by atoms with Crippen LogP contribution in [0, 0.1) is 5.82 Å². The fourth-order valence-electron chi connectivity index (χ4n) is 3.83. The first-order valence-corrected chi connectivity index (χ1v) is 9.72. The molecule has 0 aromatic heterocycles.